The molecule has 1 fully saturated rings. The molecule has 0 radical (unpaired) electrons. The molecular weight excluding hydrogens is 226 g/mol. The summed E-state index contributed by atoms with van der Waals surface area (Å²) in [6.45, 7) is 1.18. The second-order valence-corrected chi connectivity index (χ2v) is 4.40. The quantitative estimate of drug-likeness (QED) is 0.882. The van der Waals surface area contributed by atoms with Crippen molar-refractivity contribution in [3.8, 4) is 5.75 Å². The lowest BCUT2D eigenvalue weighted by Crippen LogP contribution is -2.31. The van der Waals surface area contributed by atoms with E-state index in [1.54, 1.807) is 7.11 Å². The highest BCUT2D eigenvalue weighted by Crippen LogP contribution is 2.32. The minimum Gasteiger partial charge on any atom is -0.495 e. The molecule has 0 spiro atoms. The van der Waals surface area contributed by atoms with Gasteiger partial charge in [0.25, 0.3) is 0 Å². The summed E-state index contributed by atoms with van der Waals surface area (Å²) >= 11 is 6.08. The lowest BCUT2D eigenvalue weighted by Gasteiger charge is -2.25. The molecule has 1 N–H and O–H groups in total. The van der Waals surface area contributed by atoms with Crippen LogP contribution in [0.1, 0.15) is 12.8 Å². The third kappa shape index (κ3) is 2.11. The summed E-state index contributed by atoms with van der Waals surface area (Å²) in [5, 5.41) is 9.88. The third-order valence-electron chi connectivity index (χ3n) is 3.05. The number of aliphatic hydroxyl groups is 1. The van der Waals surface area contributed by atoms with Crippen LogP contribution in [-0.4, -0.2) is 31.4 Å². The van der Waals surface area contributed by atoms with Crippen LogP contribution in [0.25, 0.3) is 0 Å². The molecule has 0 amide bonds. The monoisotopic (exact) mass is 241 g/mol. The van der Waals surface area contributed by atoms with Crippen LogP contribution in [0.5, 0.6) is 5.75 Å². The fourth-order valence-electron chi connectivity index (χ4n) is 2.20. The lowest BCUT2D eigenvalue weighted by atomic mass is 10.2. The molecule has 0 saturated carbocycles. The van der Waals surface area contributed by atoms with Crippen molar-refractivity contribution in [2.45, 2.75) is 18.9 Å². The molecule has 0 bridgehead atoms. The lowest BCUT2D eigenvalue weighted by molar-refractivity contribution is 0.266. The van der Waals surface area contributed by atoms with E-state index in [9.17, 15) is 5.11 Å². The van der Waals surface area contributed by atoms with Crippen LogP contribution in [0.15, 0.2) is 18.2 Å². The maximum absolute atomic E-state index is 9.27. The summed E-state index contributed by atoms with van der Waals surface area (Å²) in [6, 6.07) is 5.97. The van der Waals surface area contributed by atoms with Crippen molar-refractivity contribution in [1.82, 2.24) is 0 Å². The van der Waals surface area contributed by atoms with E-state index >= 15 is 0 Å². The van der Waals surface area contributed by atoms with Crippen molar-refractivity contribution < 1.29 is 9.84 Å². The molecule has 1 unspecified atom stereocenters. The molecule has 1 atom stereocenters. The van der Waals surface area contributed by atoms with Crippen molar-refractivity contribution in [2.75, 3.05) is 25.2 Å². The molecule has 2 rings (SSSR count). The number of aliphatic hydroxyl groups excluding tert-OH is 1. The second kappa shape index (κ2) is 4.93. The maximum atomic E-state index is 9.27. The largest absolute Gasteiger partial charge is 0.495 e. The first-order chi connectivity index (χ1) is 7.76. The molecule has 0 aromatic heterocycles. The summed E-state index contributed by atoms with van der Waals surface area (Å²) in [6.07, 6.45) is 2.16. The molecule has 1 aromatic rings. The van der Waals surface area contributed by atoms with Gasteiger partial charge in [-0.3, -0.25) is 0 Å². The fourth-order valence-corrected chi connectivity index (χ4v) is 2.45. The first-order valence-electron chi connectivity index (χ1n) is 5.47. The van der Waals surface area contributed by atoms with Crippen molar-refractivity contribution in [3.63, 3.8) is 0 Å². The first kappa shape index (κ1) is 11.6. The zero-order valence-electron chi connectivity index (χ0n) is 9.32. The van der Waals surface area contributed by atoms with E-state index in [0.29, 0.717) is 10.8 Å². The molecule has 0 aliphatic carbocycles. The number of hydrogen-bond acceptors (Lipinski definition) is 3. The Morgan fingerprint density at radius 1 is 1.56 bits per heavy atom. The van der Waals surface area contributed by atoms with Crippen LogP contribution in [0, 0.1) is 0 Å². The Bertz CT molecular complexity index is 370. The number of ether oxygens (including phenoxy) is 1. The number of benzene rings is 1. The smallest absolute Gasteiger partial charge is 0.137 e. The molecular formula is C12H16ClNO2. The number of rotatable bonds is 3. The van der Waals surface area contributed by atoms with Gasteiger partial charge < -0.3 is 14.7 Å². The minimum atomic E-state index is 0.198. The second-order valence-electron chi connectivity index (χ2n) is 3.99. The molecule has 88 valence electrons. The summed E-state index contributed by atoms with van der Waals surface area (Å²) < 4.78 is 5.12. The number of nitrogens with zero attached hydrogens (tertiary/aromatic N) is 1. The molecule has 4 heteroatoms. The molecule has 1 heterocycles. The van der Waals surface area contributed by atoms with Gasteiger partial charge >= 0.3 is 0 Å². The SMILES string of the molecule is COc1ccc(N2CCCC2CO)cc1Cl. The summed E-state index contributed by atoms with van der Waals surface area (Å²) in [5.41, 5.74) is 1.06. The van der Waals surface area contributed by atoms with Crippen LogP contribution < -0.4 is 9.64 Å². The minimum absolute atomic E-state index is 0.198. The van der Waals surface area contributed by atoms with Gasteiger partial charge in [0, 0.05) is 12.2 Å². The fraction of sp³-hybridized carbons (Fsp3) is 0.500. The Labute approximate surface area is 101 Å². The van der Waals surface area contributed by atoms with Gasteiger partial charge in [0.2, 0.25) is 0 Å². The van der Waals surface area contributed by atoms with Crippen molar-refractivity contribution in [2.24, 2.45) is 0 Å². The van der Waals surface area contributed by atoms with Crippen LogP contribution in [0.3, 0.4) is 0 Å². The zero-order chi connectivity index (χ0) is 11.5. The molecule has 3 nitrogen and oxygen atoms in total. The topological polar surface area (TPSA) is 32.7 Å². The number of methoxy groups -OCH3 is 1. The van der Waals surface area contributed by atoms with E-state index in [2.05, 4.69) is 4.90 Å². The van der Waals surface area contributed by atoms with Gasteiger partial charge in [-0.1, -0.05) is 11.6 Å². The van der Waals surface area contributed by atoms with Gasteiger partial charge in [0.1, 0.15) is 5.75 Å². The van der Waals surface area contributed by atoms with Crippen molar-refractivity contribution >= 4 is 17.3 Å². The van der Waals surface area contributed by atoms with E-state index in [1.807, 2.05) is 18.2 Å². The molecule has 16 heavy (non-hydrogen) atoms. The van der Waals surface area contributed by atoms with E-state index in [0.717, 1.165) is 25.1 Å². The van der Waals surface area contributed by atoms with Gasteiger partial charge in [0.15, 0.2) is 0 Å². The van der Waals surface area contributed by atoms with E-state index in [-0.39, 0.29) is 12.6 Å². The predicted octanol–water partition coefficient (Wildman–Crippen LogP) is 2.31. The normalized spacial score (nSPS) is 20.2. The third-order valence-corrected chi connectivity index (χ3v) is 3.35. The van der Waals surface area contributed by atoms with Crippen LogP contribution in [0.2, 0.25) is 5.02 Å². The number of halogens is 1. The average molecular weight is 242 g/mol. The Morgan fingerprint density at radius 3 is 3.00 bits per heavy atom. The highest BCUT2D eigenvalue weighted by molar-refractivity contribution is 6.32. The van der Waals surface area contributed by atoms with Gasteiger partial charge in [-0.15, -0.1) is 0 Å². The van der Waals surface area contributed by atoms with E-state index < -0.39 is 0 Å². The zero-order valence-corrected chi connectivity index (χ0v) is 10.1. The average Bonchev–Trinajstić information content (AvgIpc) is 2.77. The first-order valence-corrected chi connectivity index (χ1v) is 5.85. The molecule has 1 saturated heterocycles. The standard InChI is InChI=1S/C12H16ClNO2/c1-16-12-5-4-9(7-11(12)13)14-6-2-3-10(14)8-15/h4-5,7,10,15H,2-3,6,8H2,1H3. The van der Waals surface area contributed by atoms with E-state index in [1.165, 1.54) is 0 Å². The summed E-state index contributed by atoms with van der Waals surface area (Å²) in [5.74, 6) is 0.685. The Balaban J connectivity index is 2.23. The number of anilines is 1. The van der Waals surface area contributed by atoms with Crippen LogP contribution >= 0.6 is 11.6 Å². The Kier molecular flexibility index (Phi) is 3.56. The van der Waals surface area contributed by atoms with Crippen LogP contribution in [0.4, 0.5) is 5.69 Å². The van der Waals surface area contributed by atoms with Gasteiger partial charge in [0.05, 0.1) is 24.8 Å². The van der Waals surface area contributed by atoms with E-state index in [4.69, 9.17) is 16.3 Å². The molecule has 1 aliphatic rings. The van der Waals surface area contributed by atoms with Crippen molar-refractivity contribution in [1.29, 1.82) is 0 Å². The highest BCUT2D eigenvalue weighted by atomic mass is 35.5. The van der Waals surface area contributed by atoms with Gasteiger partial charge in [-0.05, 0) is 31.0 Å². The highest BCUT2D eigenvalue weighted by Gasteiger charge is 2.24. The predicted molar refractivity (Wildman–Crippen MR) is 65.5 cm³/mol. The molecule has 1 aliphatic heterocycles. The van der Waals surface area contributed by atoms with Gasteiger partial charge in [-0.25, -0.2) is 0 Å². The van der Waals surface area contributed by atoms with Crippen LogP contribution in [-0.2, 0) is 0 Å². The number of hydrogen-bond donors (Lipinski definition) is 1. The summed E-state index contributed by atoms with van der Waals surface area (Å²) in [4.78, 5) is 2.20. The Morgan fingerprint density at radius 2 is 2.38 bits per heavy atom. The molecule has 1 aromatic carbocycles. The van der Waals surface area contributed by atoms with Crippen molar-refractivity contribution in [3.05, 3.63) is 23.2 Å². The maximum Gasteiger partial charge on any atom is 0.137 e. The summed E-state index contributed by atoms with van der Waals surface area (Å²) in [7, 11) is 1.60. The van der Waals surface area contributed by atoms with Gasteiger partial charge in [-0.2, -0.15) is 0 Å². The Hall–Kier alpha value is -0.930.